The molecule has 0 heterocycles. The second-order valence-corrected chi connectivity index (χ2v) is 7.32. The monoisotopic (exact) mass is 329 g/mol. The molecule has 0 aliphatic heterocycles. The molecule has 1 atom stereocenters. The van der Waals surface area contributed by atoms with E-state index < -0.39 is 12.0 Å². The van der Waals surface area contributed by atoms with Crippen LogP contribution in [0.1, 0.15) is 60.8 Å². The maximum absolute atomic E-state index is 10.8. The maximum atomic E-state index is 10.8. The number of aliphatic carboxylic acids is 1. The molecule has 3 heteroatoms. The van der Waals surface area contributed by atoms with Crippen LogP contribution in [-0.4, -0.2) is 22.8 Å². The van der Waals surface area contributed by atoms with Crippen molar-refractivity contribution in [2.75, 3.05) is 0 Å². The fraction of sp³-hybridized carbons (Fsp3) is 0.524. The van der Waals surface area contributed by atoms with Gasteiger partial charge in [0.1, 0.15) is 6.04 Å². The maximum Gasteiger partial charge on any atom is 0.328 e. The lowest BCUT2D eigenvalue weighted by atomic mass is 9.72. The van der Waals surface area contributed by atoms with E-state index in [0.29, 0.717) is 5.71 Å². The van der Waals surface area contributed by atoms with Gasteiger partial charge >= 0.3 is 5.97 Å². The molecule has 0 aromatic carbocycles. The van der Waals surface area contributed by atoms with Crippen LogP contribution in [0.5, 0.6) is 0 Å². The highest BCUT2D eigenvalue weighted by molar-refractivity contribution is 5.94. The van der Waals surface area contributed by atoms with Gasteiger partial charge in [-0.3, -0.25) is 4.99 Å². The first-order chi connectivity index (χ1) is 11.1. The van der Waals surface area contributed by atoms with Gasteiger partial charge in [0.15, 0.2) is 0 Å². The van der Waals surface area contributed by atoms with E-state index in [9.17, 15) is 4.79 Å². The summed E-state index contributed by atoms with van der Waals surface area (Å²) in [5, 5.41) is 8.85. The second kappa shape index (κ2) is 8.81. The summed E-state index contributed by atoms with van der Waals surface area (Å²) in [6.07, 6.45) is 13.9. The second-order valence-electron chi connectivity index (χ2n) is 7.32. The predicted molar refractivity (Wildman–Crippen MR) is 103 cm³/mol. The van der Waals surface area contributed by atoms with Gasteiger partial charge in [-0.2, -0.15) is 0 Å². The fourth-order valence-corrected chi connectivity index (χ4v) is 3.02. The Hall–Kier alpha value is -1.90. The molecule has 0 radical (unpaired) electrons. The van der Waals surface area contributed by atoms with Crippen molar-refractivity contribution in [1.29, 1.82) is 0 Å². The van der Waals surface area contributed by atoms with Crippen molar-refractivity contribution in [3.8, 4) is 0 Å². The molecule has 132 valence electrons. The van der Waals surface area contributed by atoms with Gasteiger partial charge in [-0.15, -0.1) is 0 Å². The normalized spacial score (nSPS) is 20.9. The quantitative estimate of drug-likeness (QED) is 0.516. The molecule has 1 aliphatic carbocycles. The van der Waals surface area contributed by atoms with Crippen LogP contribution in [0.2, 0.25) is 0 Å². The number of carboxylic acid groups (broad SMARTS) is 1. The molecule has 0 amide bonds. The zero-order chi connectivity index (χ0) is 18.3. The van der Waals surface area contributed by atoms with Crippen LogP contribution in [0.4, 0.5) is 0 Å². The van der Waals surface area contributed by atoms with Crippen LogP contribution in [0.15, 0.2) is 52.1 Å². The fourth-order valence-electron chi connectivity index (χ4n) is 3.02. The number of nitrogens with zero attached hydrogens (tertiary/aromatic N) is 1. The minimum absolute atomic E-state index is 0.255. The van der Waals surface area contributed by atoms with Crippen molar-refractivity contribution in [1.82, 2.24) is 0 Å². The van der Waals surface area contributed by atoms with E-state index in [2.05, 4.69) is 44.8 Å². The van der Waals surface area contributed by atoms with Crippen molar-refractivity contribution >= 4 is 11.7 Å². The lowest BCUT2D eigenvalue weighted by molar-refractivity contribution is -0.137. The molecule has 3 nitrogen and oxygen atoms in total. The smallest absolute Gasteiger partial charge is 0.328 e. The first kappa shape index (κ1) is 20.1. The number of rotatable bonds is 6. The SMILES string of the molecule is CC(/C=C/C=C(C)/C=C/C1=C(C)CCCC1(C)C)=NC(C)C(=O)O. The van der Waals surface area contributed by atoms with Gasteiger partial charge in [0.25, 0.3) is 0 Å². The van der Waals surface area contributed by atoms with Gasteiger partial charge in [-0.1, -0.05) is 49.3 Å². The van der Waals surface area contributed by atoms with Gasteiger partial charge in [0.05, 0.1) is 0 Å². The lowest BCUT2D eigenvalue weighted by Gasteiger charge is -2.32. The number of carboxylic acids is 1. The third-order valence-corrected chi connectivity index (χ3v) is 4.51. The Labute approximate surface area is 146 Å². The summed E-state index contributed by atoms with van der Waals surface area (Å²) >= 11 is 0. The summed E-state index contributed by atoms with van der Waals surface area (Å²) in [5.41, 5.74) is 5.08. The molecule has 0 aromatic rings. The highest BCUT2D eigenvalue weighted by atomic mass is 16.4. The molecular formula is C21H31NO2. The third kappa shape index (κ3) is 6.31. The Kier molecular flexibility index (Phi) is 7.40. The zero-order valence-corrected chi connectivity index (χ0v) is 15.9. The van der Waals surface area contributed by atoms with E-state index in [1.54, 1.807) is 6.92 Å². The Morgan fingerprint density at radius 1 is 1.29 bits per heavy atom. The average molecular weight is 329 g/mol. The summed E-state index contributed by atoms with van der Waals surface area (Å²) in [6, 6.07) is -0.705. The standard InChI is InChI=1S/C21H31NO2/c1-15(9-7-11-17(3)22-18(4)20(23)24)12-13-19-16(2)10-8-14-21(19,5)6/h7,9,11-13,18H,8,10,14H2,1-6H3,(H,23,24)/b11-7+,13-12+,15-9+,22-17?. The highest BCUT2D eigenvalue weighted by Gasteiger charge is 2.26. The Morgan fingerprint density at radius 3 is 2.54 bits per heavy atom. The number of hydrogen-bond donors (Lipinski definition) is 1. The molecule has 1 unspecified atom stereocenters. The number of allylic oxidation sites excluding steroid dienone is 8. The van der Waals surface area contributed by atoms with Crippen LogP contribution < -0.4 is 0 Å². The molecule has 0 saturated heterocycles. The lowest BCUT2D eigenvalue weighted by Crippen LogP contribution is -2.19. The molecule has 0 aromatic heterocycles. The first-order valence-corrected chi connectivity index (χ1v) is 8.64. The van der Waals surface area contributed by atoms with Crippen molar-refractivity contribution in [3.05, 3.63) is 47.1 Å². The van der Waals surface area contributed by atoms with Gasteiger partial charge in [0.2, 0.25) is 0 Å². The van der Waals surface area contributed by atoms with Crippen LogP contribution in [-0.2, 0) is 4.79 Å². The van der Waals surface area contributed by atoms with Crippen LogP contribution in [0.3, 0.4) is 0 Å². The molecule has 1 rings (SSSR count). The first-order valence-electron chi connectivity index (χ1n) is 8.64. The van der Waals surface area contributed by atoms with E-state index >= 15 is 0 Å². The average Bonchev–Trinajstić information content (AvgIpc) is 2.45. The number of hydrogen-bond acceptors (Lipinski definition) is 2. The van der Waals surface area contributed by atoms with Gasteiger partial charge < -0.3 is 5.11 Å². The largest absolute Gasteiger partial charge is 0.480 e. The van der Waals surface area contributed by atoms with Crippen molar-refractivity contribution in [3.63, 3.8) is 0 Å². The number of aliphatic imine (C=N–C) groups is 1. The summed E-state index contributed by atoms with van der Waals surface area (Å²) in [5.74, 6) is -0.906. The van der Waals surface area contributed by atoms with Crippen molar-refractivity contribution in [2.45, 2.75) is 66.8 Å². The van der Waals surface area contributed by atoms with E-state index in [-0.39, 0.29) is 5.41 Å². The molecule has 0 spiro atoms. The topological polar surface area (TPSA) is 49.7 Å². The summed E-state index contributed by atoms with van der Waals surface area (Å²) in [6.45, 7) is 12.3. The van der Waals surface area contributed by atoms with Crippen molar-refractivity contribution in [2.24, 2.45) is 10.4 Å². The van der Waals surface area contributed by atoms with E-state index in [4.69, 9.17) is 5.11 Å². The van der Waals surface area contributed by atoms with Crippen LogP contribution >= 0.6 is 0 Å². The Bertz CT molecular complexity index is 616. The zero-order valence-electron chi connectivity index (χ0n) is 15.9. The van der Waals surface area contributed by atoms with Crippen LogP contribution in [0.25, 0.3) is 0 Å². The molecule has 1 aliphatic rings. The molecule has 24 heavy (non-hydrogen) atoms. The predicted octanol–water partition coefficient (Wildman–Crippen LogP) is 5.51. The molecule has 0 fully saturated rings. The van der Waals surface area contributed by atoms with E-state index in [1.807, 2.05) is 25.2 Å². The molecule has 0 bridgehead atoms. The van der Waals surface area contributed by atoms with Crippen LogP contribution in [0, 0.1) is 5.41 Å². The molecular weight excluding hydrogens is 298 g/mol. The van der Waals surface area contributed by atoms with Crippen molar-refractivity contribution < 1.29 is 9.90 Å². The minimum Gasteiger partial charge on any atom is -0.480 e. The molecule has 1 N–H and O–H groups in total. The van der Waals surface area contributed by atoms with Gasteiger partial charge in [-0.05, 0) is 64.0 Å². The minimum atomic E-state index is -0.906. The Morgan fingerprint density at radius 2 is 1.96 bits per heavy atom. The highest BCUT2D eigenvalue weighted by Crippen LogP contribution is 2.40. The number of carbonyl (C=O) groups is 1. The van der Waals surface area contributed by atoms with Gasteiger partial charge in [-0.25, -0.2) is 4.79 Å². The van der Waals surface area contributed by atoms with Gasteiger partial charge in [0, 0.05) is 5.71 Å². The summed E-state index contributed by atoms with van der Waals surface area (Å²) in [7, 11) is 0. The summed E-state index contributed by atoms with van der Waals surface area (Å²) in [4.78, 5) is 14.9. The van der Waals surface area contributed by atoms with E-state index in [1.165, 1.54) is 30.4 Å². The Balaban J connectivity index is 2.77. The third-order valence-electron chi connectivity index (χ3n) is 4.51. The summed E-state index contributed by atoms with van der Waals surface area (Å²) < 4.78 is 0. The van der Waals surface area contributed by atoms with E-state index in [0.717, 1.165) is 5.57 Å². The molecule has 0 saturated carbocycles.